The first-order valence-corrected chi connectivity index (χ1v) is 9.05. The Labute approximate surface area is 188 Å². The van der Waals surface area contributed by atoms with Gasteiger partial charge >= 0.3 is 0 Å². The van der Waals surface area contributed by atoms with Crippen LogP contribution in [-0.4, -0.2) is 33.8 Å². The highest BCUT2D eigenvalue weighted by Crippen LogP contribution is 2.38. The fourth-order valence-corrected chi connectivity index (χ4v) is 2.77. The molecule has 2 aromatic rings. The zero-order chi connectivity index (χ0) is 19.6. The Morgan fingerprint density at radius 3 is 2.11 bits per heavy atom. The molecule has 0 saturated heterocycles. The number of rotatable bonds is 8. The second kappa shape index (κ2) is 12.6. The average molecular weight is 520 g/mol. The number of nitrogens with zero attached hydrogens (tertiary/aromatic N) is 1. The average Bonchev–Trinajstić information content (AvgIpc) is 2.68. The molecule has 0 bridgehead atoms. The predicted octanol–water partition coefficient (Wildman–Crippen LogP) is 4.24. The first-order valence-electron chi connectivity index (χ1n) is 8.67. The lowest BCUT2D eigenvalue weighted by Crippen LogP contribution is -2.36. The summed E-state index contributed by atoms with van der Waals surface area (Å²) in [5.41, 5.74) is 2.06. The largest absolute Gasteiger partial charge is 0.493 e. The summed E-state index contributed by atoms with van der Waals surface area (Å²) in [5.74, 6) is 2.56. The van der Waals surface area contributed by atoms with Crippen LogP contribution >= 0.6 is 35.6 Å². The first kappa shape index (κ1) is 24.2. The van der Waals surface area contributed by atoms with Crippen molar-refractivity contribution in [3.8, 4) is 17.2 Å². The summed E-state index contributed by atoms with van der Waals surface area (Å²) in [6.45, 7) is 3.62. The third kappa shape index (κ3) is 6.94. The number of halogens is 2. The molecule has 8 heteroatoms. The van der Waals surface area contributed by atoms with Gasteiger partial charge in [0, 0.05) is 25.2 Å². The van der Waals surface area contributed by atoms with E-state index in [1.165, 1.54) is 0 Å². The Hall–Kier alpha value is -1.87. The smallest absolute Gasteiger partial charge is 0.203 e. The molecule has 154 valence electrons. The van der Waals surface area contributed by atoms with Crippen LogP contribution in [0.25, 0.3) is 0 Å². The summed E-state index contributed by atoms with van der Waals surface area (Å²) >= 11 is 6.02. The minimum absolute atomic E-state index is 0. The normalized spacial score (nSPS) is 10.7. The summed E-state index contributed by atoms with van der Waals surface area (Å²) < 4.78 is 16.5. The number of methoxy groups -OCH3 is 2. The molecule has 2 aromatic carbocycles. The van der Waals surface area contributed by atoms with Crippen LogP contribution in [0.15, 0.2) is 41.4 Å². The molecule has 0 aromatic heterocycles. The number of nitrogens with one attached hydrogen (secondary N) is 2. The molecular formula is C20H27ClIN3O3. The van der Waals surface area contributed by atoms with Gasteiger partial charge in [-0.1, -0.05) is 23.7 Å². The van der Waals surface area contributed by atoms with Gasteiger partial charge in [-0.2, -0.15) is 0 Å². The minimum Gasteiger partial charge on any atom is -0.493 e. The van der Waals surface area contributed by atoms with Crippen molar-refractivity contribution < 1.29 is 14.2 Å². The maximum atomic E-state index is 6.02. The molecule has 6 nitrogen and oxygen atoms in total. The number of guanidine groups is 1. The molecule has 2 rings (SSSR count). The summed E-state index contributed by atoms with van der Waals surface area (Å²) in [7, 11) is 4.95. The van der Waals surface area contributed by atoms with E-state index in [1.54, 1.807) is 21.3 Å². The molecule has 0 saturated carbocycles. The molecule has 2 N–H and O–H groups in total. The van der Waals surface area contributed by atoms with Crippen molar-refractivity contribution in [1.29, 1.82) is 0 Å². The van der Waals surface area contributed by atoms with Crippen LogP contribution in [-0.2, 0) is 13.1 Å². The van der Waals surface area contributed by atoms with Gasteiger partial charge in [0.2, 0.25) is 5.75 Å². The van der Waals surface area contributed by atoms with E-state index in [4.69, 9.17) is 25.8 Å². The number of benzene rings is 2. The summed E-state index contributed by atoms with van der Waals surface area (Å²) in [6, 6.07) is 11.5. The van der Waals surface area contributed by atoms with Gasteiger partial charge < -0.3 is 24.8 Å². The molecule has 0 spiro atoms. The van der Waals surface area contributed by atoms with Crippen molar-refractivity contribution in [1.82, 2.24) is 10.6 Å². The zero-order valence-electron chi connectivity index (χ0n) is 16.5. The number of hydrogen-bond acceptors (Lipinski definition) is 4. The third-order valence-corrected chi connectivity index (χ3v) is 4.08. The zero-order valence-corrected chi connectivity index (χ0v) is 19.6. The van der Waals surface area contributed by atoms with E-state index in [-0.39, 0.29) is 24.0 Å². The fourth-order valence-electron chi connectivity index (χ4n) is 2.56. The minimum atomic E-state index is 0. The summed E-state index contributed by atoms with van der Waals surface area (Å²) in [5, 5.41) is 7.26. The third-order valence-electron chi connectivity index (χ3n) is 3.84. The van der Waals surface area contributed by atoms with Crippen molar-refractivity contribution in [3.05, 3.63) is 52.5 Å². The topological polar surface area (TPSA) is 64.1 Å². The molecule has 28 heavy (non-hydrogen) atoms. The van der Waals surface area contributed by atoms with Crippen LogP contribution in [0.1, 0.15) is 18.1 Å². The quantitative estimate of drug-likeness (QED) is 0.310. The van der Waals surface area contributed by atoms with Crippen molar-refractivity contribution >= 4 is 41.5 Å². The van der Waals surface area contributed by atoms with Crippen LogP contribution in [0.2, 0.25) is 5.02 Å². The van der Waals surface area contributed by atoms with Crippen molar-refractivity contribution in [3.63, 3.8) is 0 Å². The first-order chi connectivity index (χ1) is 13.1. The maximum Gasteiger partial charge on any atom is 0.203 e. The van der Waals surface area contributed by atoms with Crippen LogP contribution in [0.3, 0.4) is 0 Å². The lowest BCUT2D eigenvalue weighted by Gasteiger charge is -2.16. The molecule has 0 aliphatic heterocycles. The SMILES string of the molecule is CCOc1c(OC)cc(CNC(=NC)NCc2cccc(Cl)c2)cc1OC.I. The van der Waals surface area contributed by atoms with E-state index in [2.05, 4.69) is 15.6 Å². The second-order valence-electron chi connectivity index (χ2n) is 5.67. The fraction of sp³-hybridized carbons (Fsp3) is 0.350. The van der Waals surface area contributed by atoms with Crippen LogP contribution in [0, 0.1) is 0 Å². The van der Waals surface area contributed by atoms with Crippen molar-refractivity contribution in [2.24, 2.45) is 4.99 Å². The molecule has 0 unspecified atom stereocenters. The van der Waals surface area contributed by atoms with Gasteiger partial charge in [0.05, 0.1) is 20.8 Å². The number of ether oxygens (including phenoxy) is 3. The van der Waals surface area contributed by atoms with E-state index in [1.807, 2.05) is 43.3 Å². The summed E-state index contributed by atoms with van der Waals surface area (Å²) in [4.78, 5) is 4.25. The second-order valence-corrected chi connectivity index (χ2v) is 6.11. The standard InChI is InChI=1S/C20H26ClN3O3.HI/c1-5-27-19-17(25-3)10-15(11-18(19)26-4)13-24-20(22-2)23-12-14-7-6-8-16(21)9-14;/h6-11H,5,12-13H2,1-4H3,(H2,22,23,24);1H. The predicted molar refractivity (Wildman–Crippen MR) is 125 cm³/mol. The molecular weight excluding hydrogens is 493 g/mol. The van der Waals surface area contributed by atoms with E-state index >= 15 is 0 Å². The number of hydrogen-bond donors (Lipinski definition) is 2. The van der Waals surface area contributed by atoms with E-state index in [0.29, 0.717) is 47.9 Å². The van der Waals surface area contributed by atoms with Crippen LogP contribution in [0.5, 0.6) is 17.2 Å². The summed E-state index contributed by atoms with van der Waals surface area (Å²) in [6.07, 6.45) is 0. The van der Waals surface area contributed by atoms with Crippen molar-refractivity contribution in [2.45, 2.75) is 20.0 Å². The van der Waals surface area contributed by atoms with Gasteiger partial charge in [-0.3, -0.25) is 4.99 Å². The van der Waals surface area contributed by atoms with Gasteiger partial charge in [-0.05, 0) is 42.3 Å². The Balaban J connectivity index is 0.00000392. The van der Waals surface area contributed by atoms with E-state index in [9.17, 15) is 0 Å². The molecule has 0 fully saturated rings. The molecule has 0 heterocycles. The van der Waals surface area contributed by atoms with Crippen molar-refractivity contribution in [2.75, 3.05) is 27.9 Å². The lowest BCUT2D eigenvalue weighted by molar-refractivity contribution is 0.288. The van der Waals surface area contributed by atoms with E-state index in [0.717, 1.165) is 11.1 Å². The van der Waals surface area contributed by atoms with Gasteiger partial charge in [-0.15, -0.1) is 24.0 Å². The highest BCUT2D eigenvalue weighted by molar-refractivity contribution is 14.0. The lowest BCUT2D eigenvalue weighted by atomic mass is 10.1. The number of aliphatic imine (C=N–C) groups is 1. The Kier molecular flexibility index (Phi) is 10.8. The van der Waals surface area contributed by atoms with Crippen LogP contribution in [0.4, 0.5) is 0 Å². The monoisotopic (exact) mass is 519 g/mol. The molecule has 0 radical (unpaired) electrons. The Bertz CT molecular complexity index is 762. The van der Waals surface area contributed by atoms with Gasteiger partial charge in [0.1, 0.15) is 0 Å². The molecule has 0 amide bonds. The van der Waals surface area contributed by atoms with Gasteiger partial charge in [-0.25, -0.2) is 0 Å². The highest BCUT2D eigenvalue weighted by Gasteiger charge is 2.14. The molecule has 0 aliphatic rings. The van der Waals surface area contributed by atoms with Crippen LogP contribution < -0.4 is 24.8 Å². The highest BCUT2D eigenvalue weighted by atomic mass is 127. The maximum absolute atomic E-state index is 6.02. The van der Waals surface area contributed by atoms with Gasteiger partial charge in [0.25, 0.3) is 0 Å². The molecule has 0 aliphatic carbocycles. The van der Waals surface area contributed by atoms with E-state index < -0.39 is 0 Å². The van der Waals surface area contributed by atoms with Gasteiger partial charge in [0.15, 0.2) is 17.5 Å². The Morgan fingerprint density at radius 1 is 1.00 bits per heavy atom. The Morgan fingerprint density at radius 2 is 1.61 bits per heavy atom. The molecule has 0 atom stereocenters.